The number of primary amides is 1. The third kappa shape index (κ3) is 3.44. The number of nitrogens with zero attached hydrogens (tertiary/aromatic N) is 1. The van der Waals surface area contributed by atoms with Gasteiger partial charge in [-0.15, -0.1) is 0 Å². The third-order valence-corrected chi connectivity index (χ3v) is 5.77. The molecule has 2 aromatic rings. The monoisotopic (exact) mass is 383 g/mol. The molecule has 0 saturated carbocycles. The van der Waals surface area contributed by atoms with E-state index in [9.17, 15) is 9.18 Å². The number of hydrogen-bond acceptors (Lipinski definition) is 4. The summed E-state index contributed by atoms with van der Waals surface area (Å²) in [7, 11) is 0. The number of nitrogens with one attached hydrogen (secondary N) is 1. The molecular weight excluding hydrogens is 357 g/mol. The second-order valence-corrected chi connectivity index (χ2v) is 8.29. The van der Waals surface area contributed by atoms with Gasteiger partial charge in [-0.05, 0) is 53.3 Å². The Kier molecular flexibility index (Phi) is 4.75. The van der Waals surface area contributed by atoms with Crippen molar-refractivity contribution in [3.05, 3.63) is 58.9 Å². The molecule has 1 amide bonds. The van der Waals surface area contributed by atoms with Crippen LogP contribution in [0.25, 0.3) is 0 Å². The molecular formula is C22H26FN3O2. The zero-order valence-electron chi connectivity index (χ0n) is 16.3. The molecule has 2 aromatic carbocycles. The van der Waals surface area contributed by atoms with Crippen LogP contribution in [0, 0.1) is 11.2 Å². The summed E-state index contributed by atoms with van der Waals surface area (Å²) in [5.74, 6) is -0.623. The quantitative estimate of drug-likeness (QED) is 0.851. The van der Waals surface area contributed by atoms with Crippen LogP contribution in [0.3, 0.4) is 0 Å². The van der Waals surface area contributed by atoms with Crippen LogP contribution in [0.4, 0.5) is 15.8 Å². The first-order valence-electron chi connectivity index (χ1n) is 9.66. The van der Waals surface area contributed by atoms with Gasteiger partial charge in [0.15, 0.2) is 0 Å². The lowest BCUT2D eigenvalue weighted by atomic mass is 9.72. The van der Waals surface area contributed by atoms with Gasteiger partial charge in [0.25, 0.3) is 0 Å². The Balaban J connectivity index is 1.68. The molecule has 1 saturated heterocycles. The highest BCUT2D eigenvalue weighted by Crippen LogP contribution is 2.45. The van der Waals surface area contributed by atoms with Crippen molar-refractivity contribution >= 4 is 17.3 Å². The summed E-state index contributed by atoms with van der Waals surface area (Å²) in [6.07, 6.45) is 0.797. The minimum absolute atomic E-state index is 0.0276. The average Bonchev–Trinajstić information content (AvgIpc) is 2.67. The van der Waals surface area contributed by atoms with Crippen LogP contribution < -0.4 is 16.0 Å². The molecule has 0 bridgehead atoms. The molecule has 0 aromatic heterocycles. The van der Waals surface area contributed by atoms with Crippen LogP contribution in [0.2, 0.25) is 0 Å². The van der Waals surface area contributed by atoms with Crippen LogP contribution in [-0.4, -0.2) is 32.2 Å². The van der Waals surface area contributed by atoms with E-state index in [0.29, 0.717) is 37.6 Å². The molecule has 1 unspecified atom stereocenters. The van der Waals surface area contributed by atoms with Gasteiger partial charge < -0.3 is 20.7 Å². The zero-order valence-corrected chi connectivity index (χ0v) is 16.3. The van der Waals surface area contributed by atoms with Crippen molar-refractivity contribution in [3.63, 3.8) is 0 Å². The van der Waals surface area contributed by atoms with Crippen LogP contribution in [0.1, 0.15) is 41.4 Å². The highest BCUT2D eigenvalue weighted by atomic mass is 19.1. The number of nitrogens with two attached hydrogens (primary N) is 1. The van der Waals surface area contributed by atoms with Gasteiger partial charge in [0.2, 0.25) is 5.91 Å². The maximum Gasteiger partial charge on any atom is 0.248 e. The number of ether oxygens (including phenoxy) is 1. The lowest BCUT2D eigenvalue weighted by Gasteiger charge is -2.42. The molecule has 28 heavy (non-hydrogen) atoms. The fourth-order valence-electron chi connectivity index (χ4n) is 4.27. The predicted octanol–water partition coefficient (Wildman–Crippen LogP) is 3.50. The molecule has 148 valence electrons. The SMILES string of the molecule is CC1(C)Cc2cc(C(N)=O)ccc2NC1c1ccc(F)c(N2CCOCC2)c1. The molecule has 5 nitrogen and oxygen atoms in total. The molecule has 2 heterocycles. The number of hydrogen-bond donors (Lipinski definition) is 2. The Labute approximate surface area is 164 Å². The van der Waals surface area contributed by atoms with Crippen molar-refractivity contribution in [2.45, 2.75) is 26.3 Å². The van der Waals surface area contributed by atoms with Crippen molar-refractivity contribution in [2.75, 3.05) is 36.5 Å². The smallest absolute Gasteiger partial charge is 0.248 e. The number of rotatable bonds is 3. The molecule has 6 heteroatoms. The molecule has 1 atom stereocenters. The Morgan fingerprint density at radius 1 is 1.21 bits per heavy atom. The van der Waals surface area contributed by atoms with Crippen molar-refractivity contribution in [1.29, 1.82) is 0 Å². The van der Waals surface area contributed by atoms with Gasteiger partial charge >= 0.3 is 0 Å². The number of morpholine rings is 1. The second-order valence-electron chi connectivity index (χ2n) is 8.29. The summed E-state index contributed by atoms with van der Waals surface area (Å²) in [5, 5.41) is 3.60. The predicted molar refractivity (Wildman–Crippen MR) is 108 cm³/mol. The molecule has 4 rings (SSSR count). The number of carbonyl (C=O) groups is 1. The average molecular weight is 383 g/mol. The standard InChI is InChI=1S/C22H26FN3O2/c1-22(2)13-16-11-15(21(24)27)4-6-18(16)25-20(22)14-3-5-17(23)19(12-14)26-7-9-28-10-8-26/h3-6,11-12,20,25H,7-10,13H2,1-2H3,(H2,24,27). The summed E-state index contributed by atoms with van der Waals surface area (Å²) in [4.78, 5) is 13.6. The fourth-order valence-corrected chi connectivity index (χ4v) is 4.27. The van der Waals surface area contributed by atoms with E-state index < -0.39 is 5.91 Å². The molecule has 1 fully saturated rings. The first-order chi connectivity index (χ1) is 13.3. The van der Waals surface area contributed by atoms with E-state index in [1.54, 1.807) is 12.1 Å². The van der Waals surface area contributed by atoms with Crippen LogP contribution >= 0.6 is 0 Å². The second kappa shape index (κ2) is 7.09. The van der Waals surface area contributed by atoms with E-state index in [1.807, 2.05) is 29.2 Å². The summed E-state index contributed by atoms with van der Waals surface area (Å²) < 4.78 is 19.9. The molecule has 0 spiro atoms. The van der Waals surface area contributed by atoms with Gasteiger partial charge in [-0.3, -0.25) is 4.79 Å². The topological polar surface area (TPSA) is 67.6 Å². The summed E-state index contributed by atoms with van der Waals surface area (Å²) in [6, 6.07) is 10.9. The minimum atomic E-state index is -0.420. The Hall–Kier alpha value is -2.60. The van der Waals surface area contributed by atoms with Crippen molar-refractivity contribution < 1.29 is 13.9 Å². The van der Waals surface area contributed by atoms with E-state index in [1.165, 1.54) is 0 Å². The highest BCUT2D eigenvalue weighted by Gasteiger charge is 2.36. The van der Waals surface area contributed by atoms with Gasteiger partial charge in [0.05, 0.1) is 24.9 Å². The zero-order chi connectivity index (χ0) is 19.9. The number of benzene rings is 2. The van der Waals surface area contributed by atoms with Crippen LogP contribution in [-0.2, 0) is 11.2 Å². The summed E-state index contributed by atoms with van der Waals surface area (Å²) in [6.45, 7) is 6.99. The lowest BCUT2D eigenvalue weighted by molar-refractivity contribution is 0.1000. The Bertz CT molecular complexity index is 907. The third-order valence-electron chi connectivity index (χ3n) is 5.77. The Morgan fingerprint density at radius 2 is 1.96 bits per heavy atom. The first kappa shape index (κ1) is 18.7. The number of fused-ring (bicyclic) bond motifs is 1. The fraction of sp³-hybridized carbons (Fsp3) is 0.409. The van der Waals surface area contributed by atoms with Gasteiger partial charge in [0, 0.05) is 24.3 Å². The summed E-state index contributed by atoms with van der Waals surface area (Å²) in [5.41, 5.74) is 9.58. The number of amides is 1. The molecule has 2 aliphatic heterocycles. The molecule has 0 radical (unpaired) electrons. The van der Waals surface area contributed by atoms with Crippen molar-refractivity contribution in [3.8, 4) is 0 Å². The Morgan fingerprint density at radius 3 is 2.68 bits per heavy atom. The first-order valence-corrected chi connectivity index (χ1v) is 9.66. The normalized spacial score (nSPS) is 21.0. The lowest BCUT2D eigenvalue weighted by Crippen LogP contribution is -2.37. The van der Waals surface area contributed by atoms with E-state index in [4.69, 9.17) is 10.5 Å². The largest absolute Gasteiger partial charge is 0.378 e. The van der Waals surface area contributed by atoms with E-state index >= 15 is 0 Å². The van der Waals surface area contributed by atoms with Crippen LogP contribution in [0.5, 0.6) is 0 Å². The van der Waals surface area contributed by atoms with Gasteiger partial charge in [0.1, 0.15) is 5.82 Å². The maximum absolute atomic E-state index is 14.5. The van der Waals surface area contributed by atoms with Gasteiger partial charge in [-0.25, -0.2) is 4.39 Å². The maximum atomic E-state index is 14.5. The molecule has 3 N–H and O–H groups in total. The summed E-state index contributed by atoms with van der Waals surface area (Å²) >= 11 is 0. The molecule has 2 aliphatic rings. The molecule has 0 aliphatic carbocycles. The van der Waals surface area contributed by atoms with Gasteiger partial charge in [-0.1, -0.05) is 19.9 Å². The highest BCUT2D eigenvalue weighted by molar-refractivity contribution is 5.93. The van der Waals surface area contributed by atoms with E-state index in [0.717, 1.165) is 23.2 Å². The number of anilines is 2. The minimum Gasteiger partial charge on any atom is -0.378 e. The van der Waals surface area contributed by atoms with E-state index in [-0.39, 0.29) is 17.3 Å². The van der Waals surface area contributed by atoms with Crippen LogP contribution in [0.15, 0.2) is 36.4 Å². The van der Waals surface area contributed by atoms with Crippen molar-refractivity contribution in [2.24, 2.45) is 11.1 Å². The van der Waals surface area contributed by atoms with Gasteiger partial charge in [-0.2, -0.15) is 0 Å². The van der Waals surface area contributed by atoms with E-state index in [2.05, 4.69) is 19.2 Å². The van der Waals surface area contributed by atoms with Crippen molar-refractivity contribution in [1.82, 2.24) is 0 Å². The number of halogens is 1. The number of carbonyl (C=O) groups excluding carboxylic acids is 1.